The van der Waals surface area contributed by atoms with Crippen molar-refractivity contribution in [2.45, 2.75) is 52.6 Å². The molecule has 3 rings (SSSR count). The number of amides is 2. The van der Waals surface area contributed by atoms with Crippen LogP contribution < -0.4 is 15.4 Å². The van der Waals surface area contributed by atoms with Crippen LogP contribution in [0.25, 0.3) is 0 Å². The summed E-state index contributed by atoms with van der Waals surface area (Å²) in [5.74, 6) is 1.05. The molecule has 0 bridgehead atoms. The predicted molar refractivity (Wildman–Crippen MR) is 109 cm³/mol. The van der Waals surface area contributed by atoms with Gasteiger partial charge in [-0.2, -0.15) is 0 Å². The summed E-state index contributed by atoms with van der Waals surface area (Å²) in [5.41, 5.74) is 2.30. The summed E-state index contributed by atoms with van der Waals surface area (Å²) in [6.07, 6.45) is -0.636. The van der Waals surface area contributed by atoms with Gasteiger partial charge in [-0.1, -0.05) is 6.07 Å². The summed E-state index contributed by atoms with van der Waals surface area (Å²) < 4.78 is 16.4. The number of anilines is 1. The Morgan fingerprint density at radius 1 is 1.00 bits per heavy atom. The molecule has 0 spiro atoms. The molecule has 2 aromatic rings. The lowest BCUT2D eigenvalue weighted by Crippen LogP contribution is -2.43. The molecule has 7 nitrogen and oxygen atoms in total. The smallest absolute Gasteiger partial charge is 0.408 e. The van der Waals surface area contributed by atoms with Gasteiger partial charge in [0.25, 0.3) is 0 Å². The molecular weight excluding hydrogens is 372 g/mol. The minimum absolute atomic E-state index is 0.344. The molecule has 0 saturated heterocycles. The molecule has 7 heteroatoms. The first-order chi connectivity index (χ1) is 13.7. The largest absolute Gasteiger partial charge is 0.457 e. The molecule has 0 radical (unpaired) electrons. The number of fused-ring (bicyclic) bond motifs is 1. The van der Waals surface area contributed by atoms with Crippen LogP contribution in [0.4, 0.5) is 10.5 Å². The summed E-state index contributed by atoms with van der Waals surface area (Å²) in [6, 6.07) is 12.2. The number of alkyl carbamates (subject to hydrolysis) is 1. The van der Waals surface area contributed by atoms with Gasteiger partial charge in [0, 0.05) is 5.69 Å². The van der Waals surface area contributed by atoms with Gasteiger partial charge >= 0.3 is 6.09 Å². The molecule has 0 aliphatic carbocycles. The second-order valence-corrected chi connectivity index (χ2v) is 7.91. The van der Waals surface area contributed by atoms with Crippen LogP contribution in [0.5, 0.6) is 11.5 Å². The third-order valence-corrected chi connectivity index (χ3v) is 4.18. The van der Waals surface area contributed by atoms with E-state index < -0.39 is 17.7 Å². The number of carbonyl (C=O) groups is 2. The fraction of sp³-hybridized carbons (Fsp3) is 0.364. The van der Waals surface area contributed by atoms with Crippen molar-refractivity contribution in [1.29, 1.82) is 0 Å². The van der Waals surface area contributed by atoms with Crippen LogP contribution in [0.3, 0.4) is 0 Å². The van der Waals surface area contributed by atoms with Crippen LogP contribution in [-0.4, -0.2) is 23.6 Å². The van der Waals surface area contributed by atoms with E-state index >= 15 is 0 Å². The van der Waals surface area contributed by atoms with E-state index in [2.05, 4.69) is 10.6 Å². The first-order valence-corrected chi connectivity index (χ1v) is 9.47. The molecule has 1 heterocycles. The van der Waals surface area contributed by atoms with Crippen LogP contribution in [0.1, 0.15) is 38.8 Å². The average Bonchev–Trinajstić information content (AvgIpc) is 3.09. The van der Waals surface area contributed by atoms with Crippen molar-refractivity contribution in [2.24, 2.45) is 0 Å². The first-order valence-electron chi connectivity index (χ1n) is 9.47. The van der Waals surface area contributed by atoms with Crippen molar-refractivity contribution in [3.05, 3.63) is 53.6 Å². The molecule has 0 aromatic heterocycles. The van der Waals surface area contributed by atoms with Gasteiger partial charge in [-0.3, -0.25) is 4.79 Å². The van der Waals surface area contributed by atoms with Crippen LogP contribution in [0.15, 0.2) is 42.5 Å². The van der Waals surface area contributed by atoms with Crippen molar-refractivity contribution in [2.75, 3.05) is 5.32 Å². The Hall–Kier alpha value is -3.06. The van der Waals surface area contributed by atoms with Crippen molar-refractivity contribution in [3.8, 4) is 11.5 Å². The highest BCUT2D eigenvalue weighted by molar-refractivity contribution is 5.96. The maximum absolute atomic E-state index is 12.3. The molecule has 1 aliphatic heterocycles. The number of carbonyl (C=O) groups excluding carboxylic acids is 2. The van der Waals surface area contributed by atoms with Gasteiger partial charge in [-0.15, -0.1) is 0 Å². The zero-order chi connectivity index (χ0) is 21.0. The Labute approximate surface area is 170 Å². The van der Waals surface area contributed by atoms with Gasteiger partial charge < -0.3 is 24.8 Å². The monoisotopic (exact) mass is 398 g/mol. The van der Waals surface area contributed by atoms with Crippen molar-refractivity contribution >= 4 is 17.7 Å². The Morgan fingerprint density at radius 2 is 1.66 bits per heavy atom. The molecule has 29 heavy (non-hydrogen) atoms. The van der Waals surface area contributed by atoms with Gasteiger partial charge in [0.1, 0.15) is 23.1 Å². The fourth-order valence-corrected chi connectivity index (χ4v) is 2.75. The SMILES string of the molecule is C[C@@H](NC(=O)OC(C)(C)C)C(=O)Nc1ccc(Oc2ccc3c(c2)COC3)cc1. The van der Waals surface area contributed by atoms with Gasteiger partial charge in [-0.25, -0.2) is 4.79 Å². The molecule has 1 atom stereocenters. The Kier molecular flexibility index (Phi) is 6.08. The highest BCUT2D eigenvalue weighted by Gasteiger charge is 2.21. The second-order valence-electron chi connectivity index (χ2n) is 7.91. The summed E-state index contributed by atoms with van der Waals surface area (Å²) in [5, 5.41) is 5.27. The molecule has 1 aliphatic rings. The minimum Gasteiger partial charge on any atom is -0.457 e. The molecule has 2 amide bonds. The van der Waals surface area contributed by atoms with Gasteiger partial charge in [0.2, 0.25) is 5.91 Å². The van der Waals surface area contributed by atoms with E-state index in [1.54, 1.807) is 52.0 Å². The third-order valence-electron chi connectivity index (χ3n) is 4.18. The quantitative estimate of drug-likeness (QED) is 0.782. The maximum atomic E-state index is 12.3. The van der Waals surface area contributed by atoms with E-state index in [0.717, 1.165) is 11.3 Å². The number of rotatable bonds is 5. The van der Waals surface area contributed by atoms with E-state index in [4.69, 9.17) is 14.2 Å². The second kappa shape index (κ2) is 8.53. The van der Waals surface area contributed by atoms with E-state index in [1.165, 1.54) is 5.56 Å². The van der Waals surface area contributed by atoms with Gasteiger partial charge in [-0.05, 0) is 75.2 Å². The summed E-state index contributed by atoms with van der Waals surface area (Å²) in [7, 11) is 0. The maximum Gasteiger partial charge on any atom is 0.408 e. The topological polar surface area (TPSA) is 85.9 Å². The van der Waals surface area contributed by atoms with Crippen molar-refractivity contribution in [3.63, 3.8) is 0 Å². The Bertz CT molecular complexity index is 887. The van der Waals surface area contributed by atoms with Crippen molar-refractivity contribution in [1.82, 2.24) is 5.32 Å². The number of benzene rings is 2. The Balaban J connectivity index is 1.53. The molecule has 0 fully saturated rings. The molecule has 0 unspecified atom stereocenters. The van der Waals surface area contributed by atoms with Crippen molar-refractivity contribution < 1.29 is 23.8 Å². The van der Waals surface area contributed by atoms with E-state index in [1.807, 2.05) is 18.2 Å². The van der Waals surface area contributed by atoms with Crippen LogP contribution in [0, 0.1) is 0 Å². The molecule has 2 N–H and O–H groups in total. The molecule has 2 aromatic carbocycles. The highest BCUT2D eigenvalue weighted by atomic mass is 16.6. The lowest BCUT2D eigenvalue weighted by atomic mass is 10.1. The standard InChI is InChI=1S/C22H26N2O5/c1-14(23-21(26)29-22(2,3)4)20(25)24-17-6-9-18(10-7-17)28-19-8-5-15-12-27-13-16(15)11-19/h5-11,14H,12-13H2,1-4H3,(H,23,26)(H,24,25)/t14-/m1/s1. The number of hydrogen-bond acceptors (Lipinski definition) is 5. The summed E-state index contributed by atoms with van der Waals surface area (Å²) >= 11 is 0. The fourth-order valence-electron chi connectivity index (χ4n) is 2.75. The number of hydrogen-bond donors (Lipinski definition) is 2. The lowest BCUT2D eigenvalue weighted by molar-refractivity contribution is -0.117. The zero-order valence-electron chi connectivity index (χ0n) is 17.1. The molecular formula is C22H26N2O5. The average molecular weight is 398 g/mol. The zero-order valence-corrected chi connectivity index (χ0v) is 17.1. The number of ether oxygens (including phenoxy) is 3. The van der Waals surface area contributed by atoms with E-state index in [-0.39, 0.29) is 5.91 Å². The van der Waals surface area contributed by atoms with Crippen LogP contribution >= 0.6 is 0 Å². The summed E-state index contributed by atoms with van der Waals surface area (Å²) in [4.78, 5) is 24.1. The highest BCUT2D eigenvalue weighted by Crippen LogP contribution is 2.28. The van der Waals surface area contributed by atoms with E-state index in [0.29, 0.717) is 24.7 Å². The summed E-state index contributed by atoms with van der Waals surface area (Å²) in [6.45, 7) is 8.12. The normalized spacial score (nSPS) is 13.9. The Morgan fingerprint density at radius 3 is 2.34 bits per heavy atom. The van der Waals surface area contributed by atoms with Gasteiger partial charge in [0.05, 0.1) is 13.2 Å². The van der Waals surface area contributed by atoms with Crippen LogP contribution in [-0.2, 0) is 27.5 Å². The number of nitrogens with one attached hydrogen (secondary N) is 2. The van der Waals surface area contributed by atoms with Gasteiger partial charge in [0.15, 0.2) is 0 Å². The van der Waals surface area contributed by atoms with E-state index in [9.17, 15) is 9.59 Å². The molecule has 154 valence electrons. The predicted octanol–water partition coefficient (Wildman–Crippen LogP) is 4.36. The van der Waals surface area contributed by atoms with Crippen LogP contribution in [0.2, 0.25) is 0 Å². The first kappa shape index (κ1) is 20.7. The minimum atomic E-state index is -0.741. The molecule has 0 saturated carbocycles. The lowest BCUT2D eigenvalue weighted by Gasteiger charge is -2.21. The third kappa shape index (κ3) is 5.96.